The monoisotopic (exact) mass is 124 g/mol. The van der Waals surface area contributed by atoms with Crippen LogP contribution in [0.25, 0.3) is 5.32 Å². The minimum Gasteiger partial charge on any atom is -0.687 e. The van der Waals surface area contributed by atoms with Gasteiger partial charge in [-0.2, -0.15) is 0 Å². The first-order valence-electron chi connectivity index (χ1n) is 2.68. The number of rotatable bonds is 1. The van der Waals surface area contributed by atoms with Crippen LogP contribution in [0, 0.1) is 5.82 Å². The standard InChI is InChI=1S/C7H7FN/c1-9-7-4-2-6(8)3-5-7/h2-5H,1H3/q-1. The maximum absolute atomic E-state index is 12.2. The fourth-order valence-electron chi connectivity index (χ4n) is 0.590. The molecular formula is C7H7FN-. The SMILES string of the molecule is C[N-]c1ccc(F)cc1. The van der Waals surface area contributed by atoms with Gasteiger partial charge >= 0.3 is 0 Å². The molecule has 1 nitrogen and oxygen atoms in total. The molecule has 0 spiro atoms. The normalized spacial score (nSPS) is 9.11. The Morgan fingerprint density at radius 2 is 1.78 bits per heavy atom. The molecule has 1 aromatic rings. The first kappa shape index (κ1) is 6.08. The van der Waals surface area contributed by atoms with Gasteiger partial charge < -0.3 is 5.32 Å². The van der Waals surface area contributed by atoms with Crippen LogP contribution in [0.4, 0.5) is 10.1 Å². The van der Waals surface area contributed by atoms with Crippen molar-refractivity contribution in [2.75, 3.05) is 7.05 Å². The highest BCUT2D eigenvalue weighted by atomic mass is 19.1. The molecule has 0 atom stereocenters. The van der Waals surface area contributed by atoms with Gasteiger partial charge in [-0.25, -0.2) is 4.39 Å². The molecule has 0 aliphatic heterocycles. The molecule has 0 radical (unpaired) electrons. The summed E-state index contributed by atoms with van der Waals surface area (Å²) in [7, 11) is 1.67. The van der Waals surface area contributed by atoms with Crippen molar-refractivity contribution in [2.24, 2.45) is 0 Å². The van der Waals surface area contributed by atoms with Crippen molar-refractivity contribution >= 4 is 5.69 Å². The highest BCUT2D eigenvalue weighted by Gasteiger charge is 1.81. The van der Waals surface area contributed by atoms with Gasteiger partial charge in [0, 0.05) is 0 Å². The van der Waals surface area contributed by atoms with E-state index in [2.05, 4.69) is 5.32 Å². The van der Waals surface area contributed by atoms with E-state index < -0.39 is 0 Å². The summed E-state index contributed by atoms with van der Waals surface area (Å²) in [5.41, 5.74) is 0.802. The second-order valence-electron chi connectivity index (χ2n) is 1.70. The van der Waals surface area contributed by atoms with Crippen LogP contribution in [0.1, 0.15) is 0 Å². The van der Waals surface area contributed by atoms with Gasteiger partial charge in [0.05, 0.1) is 0 Å². The molecular weight excluding hydrogens is 117 g/mol. The van der Waals surface area contributed by atoms with Crippen molar-refractivity contribution in [3.63, 3.8) is 0 Å². The second-order valence-corrected chi connectivity index (χ2v) is 1.70. The van der Waals surface area contributed by atoms with Crippen LogP contribution < -0.4 is 0 Å². The topological polar surface area (TPSA) is 14.1 Å². The van der Waals surface area contributed by atoms with E-state index >= 15 is 0 Å². The molecule has 2 heteroatoms. The third kappa shape index (κ3) is 1.42. The van der Waals surface area contributed by atoms with E-state index in [0.29, 0.717) is 0 Å². The molecule has 0 saturated heterocycles. The maximum Gasteiger partial charge on any atom is 0.123 e. The maximum atomic E-state index is 12.2. The lowest BCUT2D eigenvalue weighted by atomic mass is 10.3. The zero-order chi connectivity index (χ0) is 6.69. The Balaban J connectivity index is 2.88. The molecule has 9 heavy (non-hydrogen) atoms. The number of hydrogen-bond acceptors (Lipinski definition) is 0. The summed E-state index contributed by atoms with van der Waals surface area (Å²) in [5.74, 6) is -0.220. The van der Waals surface area contributed by atoms with E-state index in [4.69, 9.17) is 0 Å². The van der Waals surface area contributed by atoms with E-state index in [-0.39, 0.29) is 5.82 Å². The Kier molecular flexibility index (Phi) is 1.68. The van der Waals surface area contributed by atoms with Crippen LogP contribution in [0.3, 0.4) is 0 Å². The fourth-order valence-corrected chi connectivity index (χ4v) is 0.590. The van der Waals surface area contributed by atoms with Gasteiger partial charge in [-0.3, -0.25) is 0 Å². The van der Waals surface area contributed by atoms with E-state index in [1.165, 1.54) is 12.1 Å². The van der Waals surface area contributed by atoms with E-state index in [1.54, 1.807) is 19.2 Å². The van der Waals surface area contributed by atoms with Gasteiger partial charge in [0.1, 0.15) is 5.82 Å². The number of halogens is 1. The quantitative estimate of drug-likeness (QED) is 0.546. The van der Waals surface area contributed by atoms with Gasteiger partial charge in [0.15, 0.2) is 0 Å². The first-order valence-corrected chi connectivity index (χ1v) is 2.68. The van der Waals surface area contributed by atoms with Crippen LogP contribution >= 0.6 is 0 Å². The van der Waals surface area contributed by atoms with Crippen LogP contribution in [-0.4, -0.2) is 7.05 Å². The fraction of sp³-hybridized carbons (Fsp3) is 0.143. The van der Waals surface area contributed by atoms with Gasteiger partial charge in [-0.15, -0.1) is 12.7 Å². The van der Waals surface area contributed by atoms with E-state index in [1.807, 2.05) is 0 Å². The third-order valence-corrected chi connectivity index (χ3v) is 1.08. The molecule has 0 aliphatic rings. The largest absolute Gasteiger partial charge is 0.687 e. The summed E-state index contributed by atoms with van der Waals surface area (Å²) in [4.78, 5) is 0. The first-order chi connectivity index (χ1) is 4.33. The zero-order valence-corrected chi connectivity index (χ0v) is 5.13. The third-order valence-electron chi connectivity index (χ3n) is 1.08. The molecule has 0 N–H and O–H groups in total. The molecule has 48 valence electrons. The predicted octanol–water partition coefficient (Wildman–Crippen LogP) is 2.46. The van der Waals surface area contributed by atoms with Gasteiger partial charge in [0.2, 0.25) is 0 Å². The molecule has 1 aromatic carbocycles. The molecule has 0 saturated carbocycles. The molecule has 1 rings (SSSR count). The summed E-state index contributed by atoms with van der Waals surface area (Å²) in [6.07, 6.45) is 0. The van der Waals surface area contributed by atoms with Gasteiger partial charge in [0.25, 0.3) is 0 Å². The van der Waals surface area contributed by atoms with Gasteiger partial charge in [-0.1, -0.05) is 12.1 Å². The molecule has 0 fully saturated rings. The Bertz CT molecular complexity index is 181. The second kappa shape index (κ2) is 2.49. The molecule has 0 amide bonds. The lowest BCUT2D eigenvalue weighted by molar-refractivity contribution is 0.628. The van der Waals surface area contributed by atoms with Crippen LogP contribution in [-0.2, 0) is 0 Å². The lowest BCUT2D eigenvalue weighted by Crippen LogP contribution is -1.69. The minimum absolute atomic E-state index is 0.220. The Hall–Kier alpha value is -1.05. The molecule has 0 aromatic heterocycles. The van der Waals surface area contributed by atoms with Crippen LogP contribution in [0.2, 0.25) is 0 Å². The molecule has 0 heterocycles. The minimum atomic E-state index is -0.220. The summed E-state index contributed by atoms with van der Waals surface area (Å²) in [6, 6.07) is 6.05. The van der Waals surface area contributed by atoms with Gasteiger partial charge in [-0.05, 0) is 12.1 Å². The predicted molar refractivity (Wildman–Crippen MR) is 35.3 cm³/mol. The molecule has 0 aliphatic carbocycles. The van der Waals surface area contributed by atoms with Crippen molar-refractivity contribution in [1.82, 2.24) is 0 Å². The number of nitrogens with zero attached hydrogens (tertiary/aromatic N) is 1. The Morgan fingerprint density at radius 3 is 2.22 bits per heavy atom. The lowest BCUT2D eigenvalue weighted by Gasteiger charge is -2.11. The van der Waals surface area contributed by atoms with Crippen LogP contribution in [0.15, 0.2) is 24.3 Å². The Morgan fingerprint density at radius 1 is 1.22 bits per heavy atom. The summed E-state index contributed by atoms with van der Waals surface area (Å²) < 4.78 is 12.2. The van der Waals surface area contributed by atoms with Crippen LogP contribution in [0.5, 0.6) is 0 Å². The smallest absolute Gasteiger partial charge is 0.123 e. The summed E-state index contributed by atoms with van der Waals surface area (Å²) >= 11 is 0. The average Bonchev–Trinajstić information content (AvgIpc) is 1.90. The van der Waals surface area contributed by atoms with Crippen molar-refractivity contribution in [2.45, 2.75) is 0 Å². The number of benzene rings is 1. The van der Waals surface area contributed by atoms with Crippen molar-refractivity contribution in [3.8, 4) is 0 Å². The summed E-state index contributed by atoms with van der Waals surface area (Å²) in [5, 5.41) is 3.84. The highest BCUT2D eigenvalue weighted by Crippen LogP contribution is 2.14. The van der Waals surface area contributed by atoms with Crippen molar-refractivity contribution in [1.29, 1.82) is 0 Å². The van der Waals surface area contributed by atoms with E-state index in [0.717, 1.165) is 5.69 Å². The van der Waals surface area contributed by atoms with Crippen molar-refractivity contribution in [3.05, 3.63) is 35.4 Å². The Labute approximate surface area is 53.5 Å². The zero-order valence-electron chi connectivity index (χ0n) is 5.13. The molecule has 0 bridgehead atoms. The average molecular weight is 124 g/mol. The number of hydrogen-bond donors (Lipinski definition) is 0. The molecule has 0 unspecified atom stereocenters. The van der Waals surface area contributed by atoms with Crippen molar-refractivity contribution < 1.29 is 4.39 Å². The highest BCUT2D eigenvalue weighted by molar-refractivity contribution is 5.46. The summed E-state index contributed by atoms with van der Waals surface area (Å²) in [6.45, 7) is 0. The van der Waals surface area contributed by atoms with E-state index in [9.17, 15) is 4.39 Å².